The van der Waals surface area contributed by atoms with Crippen LogP contribution in [-0.4, -0.2) is 9.55 Å². The molecule has 0 radical (unpaired) electrons. The van der Waals surface area contributed by atoms with Crippen molar-refractivity contribution in [2.24, 2.45) is 0 Å². The number of nitrogens with zero attached hydrogens (tertiary/aromatic N) is 2. The highest BCUT2D eigenvalue weighted by molar-refractivity contribution is 5.80. The van der Waals surface area contributed by atoms with Gasteiger partial charge in [0.05, 0.1) is 11.0 Å². The van der Waals surface area contributed by atoms with Crippen molar-refractivity contribution in [3.05, 3.63) is 54.3 Å². The third-order valence-electron chi connectivity index (χ3n) is 4.12. The van der Waals surface area contributed by atoms with Crippen molar-refractivity contribution >= 4 is 11.0 Å². The Morgan fingerprint density at radius 3 is 2.65 bits per heavy atom. The fourth-order valence-corrected chi connectivity index (χ4v) is 2.89. The van der Waals surface area contributed by atoms with E-state index in [2.05, 4.69) is 10.6 Å². The number of hydrogen-bond acceptors (Lipinski definition) is 1. The number of rotatable bonds is 2. The molecule has 20 heavy (non-hydrogen) atoms. The number of imidazole rings is 1. The van der Waals surface area contributed by atoms with Gasteiger partial charge in [-0.3, -0.25) is 0 Å². The van der Waals surface area contributed by atoms with Crippen LogP contribution in [0, 0.1) is 5.82 Å². The van der Waals surface area contributed by atoms with E-state index in [4.69, 9.17) is 4.98 Å². The third kappa shape index (κ3) is 1.73. The number of halogens is 1. The molecule has 0 amide bonds. The summed E-state index contributed by atoms with van der Waals surface area (Å²) < 4.78 is 15.8. The second-order valence-electron chi connectivity index (χ2n) is 5.39. The Kier molecular flexibility index (Phi) is 2.59. The molecule has 3 aromatic rings. The van der Waals surface area contributed by atoms with Gasteiger partial charge in [-0.25, -0.2) is 9.37 Å². The Morgan fingerprint density at radius 2 is 1.90 bits per heavy atom. The van der Waals surface area contributed by atoms with Crippen LogP contribution in [0.2, 0.25) is 0 Å². The van der Waals surface area contributed by atoms with Crippen molar-refractivity contribution in [1.82, 2.24) is 9.55 Å². The molecule has 1 saturated carbocycles. The summed E-state index contributed by atoms with van der Waals surface area (Å²) in [6.07, 6.45) is 3.63. The van der Waals surface area contributed by atoms with E-state index in [-0.39, 0.29) is 5.82 Å². The molecule has 0 aliphatic heterocycles. The van der Waals surface area contributed by atoms with Gasteiger partial charge in [-0.15, -0.1) is 0 Å². The minimum Gasteiger partial charge on any atom is -0.321 e. The third-order valence-corrected chi connectivity index (χ3v) is 4.12. The Labute approximate surface area is 116 Å². The average molecular weight is 266 g/mol. The van der Waals surface area contributed by atoms with Crippen molar-refractivity contribution in [3.8, 4) is 11.4 Å². The van der Waals surface area contributed by atoms with Gasteiger partial charge >= 0.3 is 0 Å². The fourth-order valence-electron chi connectivity index (χ4n) is 2.89. The highest BCUT2D eigenvalue weighted by atomic mass is 19.1. The molecular formula is C17H15FN2. The van der Waals surface area contributed by atoms with E-state index in [1.54, 1.807) is 12.1 Å². The standard InChI is InChI=1S/C17H15FN2/c18-13-6-3-5-12(11-13)17-19-15-9-1-2-10-16(15)20(17)14-7-4-8-14/h1-3,5-6,9-11,14H,4,7-8H2. The molecule has 2 aromatic carbocycles. The summed E-state index contributed by atoms with van der Waals surface area (Å²) in [4.78, 5) is 4.72. The molecule has 0 spiro atoms. The van der Waals surface area contributed by atoms with Crippen molar-refractivity contribution in [3.63, 3.8) is 0 Å². The Bertz CT molecular complexity index is 772. The maximum Gasteiger partial charge on any atom is 0.141 e. The van der Waals surface area contributed by atoms with E-state index in [1.165, 1.54) is 25.3 Å². The van der Waals surface area contributed by atoms with E-state index in [9.17, 15) is 4.39 Å². The van der Waals surface area contributed by atoms with Crippen LogP contribution in [0.1, 0.15) is 25.3 Å². The van der Waals surface area contributed by atoms with Gasteiger partial charge < -0.3 is 4.57 Å². The van der Waals surface area contributed by atoms with Crippen LogP contribution in [0.15, 0.2) is 48.5 Å². The van der Waals surface area contributed by atoms with Gasteiger partial charge in [0, 0.05) is 11.6 Å². The highest BCUT2D eigenvalue weighted by Crippen LogP contribution is 2.38. The summed E-state index contributed by atoms with van der Waals surface area (Å²) in [7, 11) is 0. The Balaban J connectivity index is 1.98. The molecule has 1 aliphatic rings. The summed E-state index contributed by atoms with van der Waals surface area (Å²) >= 11 is 0. The normalized spacial score (nSPS) is 15.4. The summed E-state index contributed by atoms with van der Waals surface area (Å²) in [6, 6.07) is 15.4. The van der Waals surface area contributed by atoms with Crippen LogP contribution in [0.25, 0.3) is 22.4 Å². The number of fused-ring (bicyclic) bond motifs is 1. The number of para-hydroxylation sites is 2. The lowest BCUT2D eigenvalue weighted by molar-refractivity contribution is 0.323. The van der Waals surface area contributed by atoms with Gasteiger partial charge in [0.2, 0.25) is 0 Å². The molecule has 1 heterocycles. The van der Waals surface area contributed by atoms with Gasteiger partial charge in [-0.05, 0) is 43.5 Å². The van der Waals surface area contributed by atoms with Crippen LogP contribution in [0.3, 0.4) is 0 Å². The van der Waals surface area contributed by atoms with Gasteiger partial charge in [0.25, 0.3) is 0 Å². The first-order chi connectivity index (χ1) is 9.83. The first-order valence-corrected chi connectivity index (χ1v) is 7.06. The zero-order chi connectivity index (χ0) is 13.5. The largest absolute Gasteiger partial charge is 0.321 e. The number of benzene rings is 2. The summed E-state index contributed by atoms with van der Waals surface area (Å²) in [5.74, 6) is 0.671. The van der Waals surface area contributed by atoms with E-state index in [1.807, 2.05) is 24.3 Å². The lowest BCUT2D eigenvalue weighted by Crippen LogP contribution is -2.17. The predicted molar refractivity (Wildman–Crippen MR) is 78.0 cm³/mol. The van der Waals surface area contributed by atoms with E-state index >= 15 is 0 Å². The minimum atomic E-state index is -0.213. The topological polar surface area (TPSA) is 17.8 Å². The second-order valence-corrected chi connectivity index (χ2v) is 5.39. The van der Waals surface area contributed by atoms with Crippen LogP contribution in [-0.2, 0) is 0 Å². The van der Waals surface area contributed by atoms with Crippen molar-refractivity contribution < 1.29 is 4.39 Å². The second kappa shape index (κ2) is 4.44. The van der Waals surface area contributed by atoms with E-state index in [0.29, 0.717) is 6.04 Å². The molecule has 0 unspecified atom stereocenters. The van der Waals surface area contributed by atoms with Crippen LogP contribution >= 0.6 is 0 Å². The van der Waals surface area contributed by atoms with Gasteiger partial charge in [0.1, 0.15) is 11.6 Å². The van der Waals surface area contributed by atoms with Gasteiger partial charge in [0.15, 0.2) is 0 Å². The molecule has 3 heteroatoms. The van der Waals surface area contributed by atoms with E-state index in [0.717, 1.165) is 22.4 Å². The monoisotopic (exact) mass is 266 g/mol. The van der Waals surface area contributed by atoms with Crippen LogP contribution in [0.4, 0.5) is 4.39 Å². The van der Waals surface area contributed by atoms with Crippen LogP contribution in [0.5, 0.6) is 0 Å². The van der Waals surface area contributed by atoms with E-state index < -0.39 is 0 Å². The highest BCUT2D eigenvalue weighted by Gasteiger charge is 2.25. The maximum absolute atomic E-state index is 13.5. The molecule has 0 bridgehead atoms. The molecule has 0 atom stereocenters. The zero-order valence-corrected chi connectivity index (χ0v) is 11.1. The lowest BCUT2D eigenvalue weighted by Gasteiger charge is -2.29. The SMILES string of the molecule is Fc1cccc(-c2nc3ccccc3n2C2CCC2)c1. The molecule has 1 aromatic heterocycles. The molecule has 4 rings (SSSR count). The van der Waals surface area contributed by atoms with Crippen molar-refractivity contribution in [2.45, 2.75) is 25.3 Å². The molecule has 0 N–H and O–H groups in total. The predicted octanol–water partition coefficient (Wildman–Crippen LogP) is 4.57. The summed E-state index contributed by atoms with van der Waals surface area (Å²) in [5, 5.41) is 0. The van der Waals surface area contributed by atoms with Crippen LogP contribution < -0.4 is 0 Å². The average Bonchev–Trinajstić information content (AvgIpc) is 2.77. The quantitative estimate of drug-likeness (QED) is 0.664. The van der Waals surface area contributed by atoms with Crippen molar-refractivity contribution in [2.75, 3.05) is 0 Å². The Hall–Kier alpha value is -2.16. The molecule has 100 valence electrons. The summed E-state index contributed by atoms with van der Waals surface area (Å²) in [5.41, 5.74) is 2.99. The minimum absolute atomic E-state index is 0.213. The smallest absolute Gasteiger partial charge is 0.141 e. The maximum atomic E-state index is 13.5. The van der Waals surface area contributed by atoms with Gasteiger partial charge in [-0.1, -0.05) is 24.3 Å². The number of aromatic nitrogens is 2. The molecule has 2 nitrogen and oxygen atoms in total. The summed E-state index contributed by atoms with van der Waals surface area (Å²) in [6.45, 7) is 0. The fraction of sp³-hybridized carbons (Fsp3) is 0.235. The number of hydrogen-bond donors (Lipinski definition) is 0. The molecular weight excluding hydrogens is 251 g/mol. The molecule has 0 saturated heterocycles. The first kappa shape index (κ1) is 11.6. The first-order valence-electron chi connectivity index (χ1n) is 7.06. The molecule has 1 fully saturated rings. The lowest BCUT2D eigenvalue weighted by atomic mass is 9.92. The van der Waals surface area contributed by atoms with Gasteiger partial charge in [-0.2, -0.15) is 0 Å². The van der Waals surface area contributed by atoms with Crippen molar-refractivity contribution in [1.29, 1.82) is 0 Å². The molecule has 1 aliphatic carbocycles. The zero-order valence-electron chi connectivity index (χ0n) is 11.1. The Morgan fingerprint density at radius 1 is 1.05 bits per heavy atom.